The monoisotopic (exact) mass is 387 g/mol. The van der Waals surface area contributed by atoms with Gasteiger partial charge in [0.05, 0.1) is 0 Å². The molecule has 1 aromatic heterocycles. The molecule has 2 aromatic carbocycles. The number of thiophene rings is 1. The first kappa shape index (κ1) is 15.8. The number of ether oxygens (including phenoxy) is 1. The lowest BCUT2D eigenvalue weighted by Gasteiger charge is -2.07. The zero-order valence-corrected chi connectivity index (χ0v) is 14.6. The van der Waals surface area contributed by atoms with Crippen LogP contribution < -0.4 is 10.1 Å². The summed E-state index contributed by atoms with van der Waals surface area (Å²) in [6.45, 7) is 0.481. The van der Waals surface area contributed by atoms with E-state index in [9.17, 15) is 4.79 Å². The van der Waals surface area contributed by atoms with Gasteiger partial charge in [-0.3, -0.25) is 4.79 Å². The Balaban J connectivity index is 1.57. The Morgan fingerprint density at radius 3 is 2.35 bits per heavy atom. The van der Waals surface area contributed by atoms with Crippen LogP contribution in [-0.4, -0.2) is 5.91 Å². The van der Waals surface area contributed by atoms with Crippen LogP contribution in [0.15, 0.2) is 70.5 Å². The van der Waals surface area contributed by atoms with Crippen LogP contribution in [0.1, 0.15) is 15.2 Å². The van der Waals surface area contributed by atoms with Crippen molar-refractivity contribution >= 4 is 33.2 Å². The number of nitrogens with one attached hydrogen (secondary N) is 1. The molecule has 0 fully saturated rings. The molecule has 23 heavy (non-hydrogen) atoms. The van der Waals surface area contributed by atoms with Gasteiger partial charge in [-0.1, -0.05) is 30.3 Å². The van der Waals surface area contributed by atoms with Crippen molar-refractivity contribution in [3.05, 3.63) is 81.0 Å². The summed E-state index contributed by atoms with van der Waals surface area (Å²) in [5, 5.41) is 4.80. The molecule has 1 amide bonds. The highest BCUT2D eigenvalue weighted by atomic mass is 79.9. The maximum atomic E-state index is 12.1. The van der Waals surface area contributed by atoms with Gasteiger partial charge in [-0.15, -0.1) is 11.3 Å². The van der Waals surface area contributed by atoms with Gasteiger partial charge in [0, 0.05) is 11.0 Å². The molecule has 3 rings (SSSR count). The summed E-state index contributed by atoms with van der Waals surface area (Å²) in [6.07, 6.45) is 0. The lowest BCUT2D eigenvalue weighted by atomic mass is 10.2. The van der Waals surface area contributed by atoms with Crippen LogP contribution in [0.25, 0.3) is 0 Å². The highest BCUT2D eigenvalue weighted by molar-refractivity contribution is 9.10. The Morgan fingerprint density at radius 2 is 1.70 bits per heavy atom. The van der Waals surface area contributed by atoms with Gasteiger partial charge in [0.2, 0.25) is 0 Å². The quantitative estimate of drug-likeness (QED) is 0.650. The second kappa shape index (κ2) is 7.44. The average molecular weight is 388 g/mol. The van der Waals surface area contributed by atoms with Gasteiger partial charge in [0.25, 0.3) is 5.91 Å². The Labute approximate surface area is 147 Å². The summed E-state index contributed by atoms with van der Waals surface area (Å²) in [6, 6.07) is 19.2. The number of rotatable bonds is 5. The van der Waals surface area contributed by atoms with Gasteiger partial charge >= 0.3 is 0 Å². The first-order valence-electron chi connectivity index (χ1n) is 7.05. The Hall–Kier alpha value is -2.11. The largest absolute Gasteiger partial charge is 0.457 e. The van der Waals surface area contributed by atoms with Crippen molar-refractivity contribution in [2.75, 3.05) is 0 Å². The molecule has 0 unspecified atom stereocenters. The van der Waals surface area contributed by atoms with E-state index in [1.807, 2.05) is 66.0 Å². The minimum atomic E-state index is -0.0727. The van der Waals surface area contributed by atoms with Crippen molar-refractivity contribution in [2.45, 2.75) is 6.54 Å². The standard InChI is InChI=1S/C18H14BrNO2S/c19-16-10-11-23-17(16)18(21)20-12-13-6-8-15(9-7-13)22-14-4-2-1-3-5-14/h1-11H,12H2,(H,20,21). The minimum Gasteiger partial charge on any atom is -0.457 e. The number of para-hydroxylation sites is 1. The van der Waals surface area contributed by atoms with Crippen LogP contribution in [0, 0.1) is 0 Å². The molecule has 0 spiro atoms. The van der Waals surface area contributed by atoms with E-state index in [-0.39, 0.29) is 5.91 Å². The average Bonchev–Trinajstić information content (AvgIpc) is 3.01. The molecule has 0 aliphatic heterocycles. The van der Waals surface area contributed by atoms with E-state index in [0.717, 1.165) is 21.5 Å². The van der Waals surface area contributed by atoms with E-state index in [0.29, 0.717) is 11.4 Å². The lowest BCUT2D eigenvalue weighted by Crippen LogP contribution is -2.22. The van der Waals surface area contributed by atoms with E-state index < -0.39 is 0 Å². The van der Waals surface area contributed by atoms with Gasteiger partial charge in [-0.2, -0.15) is 0 Å². The van der Waals surface area contributed by atoms with Crippen molar-refractivity contribution in [2.24, 2.45) is 0 Å². The molecule has 116 valence electrons. The third-order valence-corrected chi connectivity index (χ3v) is 5.02. The van der Waals surface area contributed by atoms with Crippen LogP contribution in [0.3, 0.4) is 0 Å². The van der Waals surface area contributed by atoms with Crippen LogP contribution >= 0.6 is 27.3 Å². The van der Waals surface area contributed by atoms with Gasteiger partial charge in [-0.25, -0.2) is 0 Å². The molecular weight excluding hydrogens is 374 g/mol. The molecule has 0 bridgehead atoms. The fourth-order valence-electron chi connectivity index (χ4n) is 2.02. The number of amides is 1. The predicted octanol–water partition coefficient (Wildman–Crippen LogP) is 5.23. The van der Waals surface area contributed by atoms with E-state index in [1.165, 1.54) is 11.3 Å². The number of halogens is 1. The lowest BCUT2D eigenvalue weighted by molar-refractivity contribution is 0.0954. The second-order valence-corrected chi connectivity index (χ2v) is 6.61. The zero-order valence-electron chi connectivity index (χ0n) is 12.2. The number of carbonyl (C=O) groups excluding carboxylic acids is 1. The SMILES string of the molecule is O=C(NCc1ccc(Oc2ccccc2)cc1)c1sccc1Br. The van der Waals surface area contributed by atoms with E-state index in [4.69, 9.17) is 4.74 Å². The molecule has 0 aliphatic rings. The van der Waals surface area contributed by atoms with E-state index in [1.54, 1.807) is 0 Å². The molecule has 3 aromatic rings. The summed E-state index contributed by atoms with van der Waals surface area (Å²) in [4.78, 5) is 12.7. The van der Waals surface area contributed by atoms with Crippen LogP contribution in [0.2, 0.25) is 0 Å². The van der Waals surface area contributed by atoms with Crippen molar-refractivity contribution in [3.8, 4) is 11.5 Å². The molecule has 0 aliphatic carbocycles. The topological polar surface area (TPSA) is 38.3 Å². The summed E-state index contributed by atoms with van der Waals surface area (Å²) in [5.41, 5.74) is 1.02. The molecule has 1 heterocycles. The summed E-state index contributed by atoms with van der Waals surface area (Å²) >= 11 is 4.78. The summed E-state index contributed by atoms with van der Waals surface area (Å²) < 4.78 is 6.57. The number of carbonyl (C=O) groups is 1. The van der Waals surface area contributed by atoms with Gasteiger partial charge < -0.3 is 10.1 Å². The van der Waals surface area contributed by atoms with E-state index >= 15 is 0 Å². The zero-order chi connectivity index (χ0) is 16.1. The normalized spacial score (nSPS) is 10.3. The maximum Gasteiger partial charge on any atom is 0.262 e. The fraction of sp³-hybridized carbons (Fsp3) is 0.0556. The molecule has 0 radical (unpaired) electrons. The van der Waals surface area contributed by atoms with Crippen LogP contribution in [-0.2, 0) is 6.54 Å². The van der Waals surface area contributed by atoms with E-state index in [2.05, 4.69) is 21.2 Å². The molecule has 5 heteroatoms. The fourth-order valence-corrected chi connectivity index (χ4v) is 3.49. The van der Waals surface area contributed by atoms with Gasteiger partial charge in [0.1, 0.15) is 16.4 Å². The Bertz CT molecular complexity index is 784. The Kier molecular flexibility index (Phi) is 5.10. The second-order valence-electron chi connectivity index (χ2n) is 4.84. The van der Waals surface area contributed by atoms with Crippen molar-refractivity contribution < 1.29 is 9.53 Å². The van der Waals surface area contributed by atoms with Gasteiger partial charge in [0.15, 0.2) is 0 Å². The molecular formula is C18H14BrNO2S. The third-order valence-electron chi connectivity index (χ3n) is 3.18. The molecule has 0 saturated heterocycles. The van der Waals surface area contributed by atoms with Crippen molar-refractivity contribution in [1.29, 1.82) is 0 Å². The van der Waals surface area contributed by atoms with Crippen LogP contribution in [0.4, 0.5) is 0 Å². The maximum absolute atomic E-state index is 12.1. The summed E-state index contributed by atoms with van der Waals surface area (Å²) in [7, 11) is 0. The smallest absolute Gasteiger partial charge is 0.262 e. The van der Waals surface area contributed by atoms with Crippen molar-refractivity contribution in [1.82, 2.24) is 5.32 Å². The molecule has 0 atom stereocenters. The number of hydrogen-bond acceptors (Lipinski definition) is 3. The first-order chi connectivity index (χ1) is 11.2. The minimum absolute atomic E-state index is 0.0727. The Morgan fingerprint density at radius 1 is 1.00 bits per heavy atom. The van der Waals surface area contributed by atoms with Crippen LogP contribution in [0.5, 0.6) is 11.5 Å². The molecule has 0 saturated carbocycles. The van der Waals surface area contributed by atoms with Crippen molar-refractivity contribution in [3.63, 3.8) is 0 Å². The van der Waals surface area contributed by atoms with Gasteiger partial charge in [-0.05, 0) is 57.2 Å². The number of benzene rings is 2. The molecule has 3 nitrogen and oxygen atoms in total. The third kappa shape index (κ3) is 4.21. The highest BCUT2D eigenvalue weighted by Crippen LogP contribution is 2.23. The number of hydrogen-bond donors (Lipinski definition) is 1. The molecule has 1 N–H and O–H groups in total. The first-order valence-corrected chi connectivity index (χ1v) is 8.72. The predicted molar refractivity (Wildman–Crippen MR) is 96.1 cm³/mol. The highest BCUT2D eigenvalue weighted by Gasteiger charge is 2.10. The summed E-state index contributed by atoms with van der Waals surface area (Å²) in [5.74, 6) is 1.50.